The Kier molecular flexibility index (Phi) is 7.15. The number of hydrogen-bond donors (Lipinski definition) is 1. The Morgan fingerprint density at radius 1 is 1.35 bits per heavy atom. The van der Waals surface area contributed by atoms with Crippen LogP contribution in [0.25, 0.3) is 0 Å². The summed E-state index contributed by atoms with van der Waals surface area (Å²) in [7, 11) is 0. The molecule has 168 valence electrons. The molecule has 2 aliphatic heterocycles. The first-order valence-corrected chi connectivity index (χ1v) is 12.8. The van der Waals surface area contributed by atoms with Crippen LogP contribution in [0.5, 0.6) is 5.75 Å². The van der Waals surface area contributed by atoms with Gasteiger partial charge in [0, 0.05) is 46.9 Å². The van der Waals surface area contributed by atoms with Crippen molar-refractivity contribution in [3.05, 3.63) is 40.8 Å². The SMILES string of the molecule is CCc1cc2c(cc1SC1C(C)CCc3c(C)ncnc3N1CCNS(=O)[O-])OCC2. The molecule has 31 heavy (non-hydrogen) atoms. The van der Waals surface area contributed by atoms with E-state index in [0.29, 0.717) is 19.0 Å². The zero-order chi connectivity index (χ0) is 22.0. The second kappa shape index (κ2) is 9.85. The fourth-order valence-electron chi connectivity index (χ4n) is 4.41. The third kappa shape index (κ3) is 4.89. The molecule has 0 bridgehead atoms. The Hall–Kier alpha value is -1.68. The first kappa shape index (κ1) is 22.5. The lowest BCUT2D eigenvalue weighted by Crippen LogP contribution is -2.42. The molecule has 1 N–H and O–H groups in total. The number of benzene rings is 1. The van der Waals surface area contributed by atoms with Gasteiger partial charge < -0.3 is 14.2 Å². The minimum atomic E-state index is -2.28. The van der Waals surface area contributed by atoms with Crippen LogP contribution in [0, 0.1) is 12.8 Å². The molecule has 0 fully saturated rings. The van der Waals surface area contributed by atoms with Crippen molar-refractivity contribution in [1.82, 2.24) is 14.7 Å². The van der Waals surface area contributed by atoms with Gasteiger partial charge in [-0.3, -0.25) is 4.21 Å². The van der Waals surface area contributed by atoms with E-state index < -0.39 is 11.3 Å². The van der Waals surface area contributed by atoms with Gasteiger partial charge in [0.2, 0.25) is 0 Å². The third-order valence-electron chi connectivity index (χ3n) is 6.13. The highest BCUT2D eigenvalue weighted by molar-refractivity contribution is 8.00. The molecular weight excluding hydrogens is 432 g/mol. The molecule has 4 rings (SSSR count). The number of nitrogens with zero attached hydrogens (tertiary/aromatic N) is 3. The summed E-state index contributed by atoms with van der Waals surface area (Å²) in [6, 6.07) is 4.48. The van der Waals surface area contributed by atoms with Crippen molar-refractivity contribution in [3.8, 4) is 5.75 Å². The summed E-state index contributed by atoms with van der Waals surface area (Å²) in [6.07, 6.45) is 5.50. The zero-order valence-corrected chi connectivity index (χ0v) is 19.9. The van der Waals surface area contributed by atoms with Gasteiger partial charge in [-0.15, -0.1) is 11.8 Å². The second-order valence-electron chi connectivity index (χ2n) is 8.13. The van der Waals surface area contributed by atoms with Crippen molar-refractivity contribution < 1.29 is 13.5 Å². The summed E-state index contributed by atoms with van der Waals surface area (Å²) in [5, 5.41) is 0.127. The molecule has 2 aromatic rings. The number of aryl methyl sites for hydroxylation is 2. The Morgan fingerprint density at radius 2 is 2.19 bits per heavy atom. The number of aromatic nitrogens is 2. The van der Waals surface area contributed by atoms with E-state index in [1.165, 1.54) is 16.0 Å². The lowest BCUT2D eigenvalue weighted by molar-refractivity contribution is 0.356. The highest BCUT2D eigenvalue weighted by Gasteiger charge is 2.33. The van der Waals surface area contributed by atoms with Gasteiger partial charge in [-0.1, -0.05) is 19.9 Å². The van der Waals surface area contributed by atoms with E-state index in [4.69, 9.17) is 4.74 Å². The molecule has 9 heteroatoms. The minimum Gasteiger partial charge on any atom is -0.760 e. The monoisotopic (exact) mass is 461 g/mol. The summed E-state index contributed by atoms with van der Waals surface area (Å²) < 4.78 is 30.5. The van der Waals surface area contributed by atoms with Crippen LogP contribution in [-0.2, 0) is 30.5 Å². The molecule has 0 saturated heterocycles. The number of hydrogen-bond acceptors (Lipinski definition) is 7. The Bertz CT molecular complexity index is 972. The largest absolute Gasteiger partial charge is 0.760 e. The first-order valence-electron chi connectivity index (χ1n) is 10.8. The number of thioether (sulfide) groups is 1. The number of rotatable bonds is 7. The van der Waals surface area contributed by atoms with Crippen LogP contribution in [0.1, 0.15) is 42.7 Å². The van der Waals surface area contributed by atoms with Crippen LogP contribution in [-0.4, -0.2) is 43.8 Å². The van der Waals surface area contributed by atoms with E-state index in [0.717, 1.165) is 55.1 Å². The van der Waals surface area contributed by atoms with Crippen molar-refractivity contribution in [2.45, 2.75) is 56.7 Å². The molecule has 3 heterocycles. The molecule has 0 spiro atoms. The Balaban J connectivity index is 1.70. The Labute approximate surface area is 190 Å². The number of ether oxygens (including phenoxy) is 1. The molecule has 1 aromatic carbocycles. The Morgan fingerprint density at radius 3 is 2.97 bits per heavy atom. The van der Waals surface area contributed by atoms with E-state index >= 15 is 0 Å². The van der Waals surface area contributed by atoms with Gasteiger partial charge in [0.15, 0.2) is 0 Å². The standard InChI is InChI=1S/C22H30N4O3S2/c1-4-16-11-17-7-10-29-19(17)12-20(16)30-22-14(2)5-6-18-15(3)23-13-24-21(18)26(22)9-8-25-31(27)28/h11-14,22,25H,4-10H2,1-3H3,(H,27,28)/p-1. The molecule has 0 radical (unpaired) electrons. The molecule has 0 saturated carbocycles. The van der Waals surface area contributed by atoms with Crippen molar-refractivity contribution in [2.75, 3.05) is 24.6 Å². The normalized spacial score (nSPS) is 21.2. The molecule has 2 aliphatic rings. The van der Waals surface area contributed by atoms with E-state index in [-0.39, 0.29) is 5.37 Å². The molecule has 0 aliphatic carbocycles. The van der Waals surface area contributed by atoms with Crippen LogP contribution in [0.4, 0.5) is 5.82 Å². The van der Waals surface area contributed by atoms with Gasteiger partial charge in [0.05, 0.1) is 12.0 Å². The van der Waals surface area contributed by atoms with Crippen LogP contribution in [0.2, 0.25) is 0 Å². The molecule has 1 aromatic heterocycles. The zero-order valence-electron chi connectivity index (χ0n) is 18.2. The predicted octanol–water partition coefficient (Wildman–Crippen LogP) is 3.17. The molecule has 0 amide bonds. The lowest BCUT2D eigenvalue weighted by Gasteiger charge is -2.35. The maximum atomic E-state index is 11.1. The van der Waals surface area contributed by atoms with Crippen molar-refractivity contribution in [1.29, 1.82) is 0 Å². The summed E-state index contributed by atoms with van der Waals surface area (Å²) in [5.41, 5.74) is 4.79. The number of fused-ring (bicyclic) bond motifs is 2. The maximum Gasteiger partial charge on any atom is 0.136 e. The van der Waals surface area contributed by atoms with Crippen molar-refractivity contribution in [2.24, 2.45) is 5.92 Å². The lowest BCUT2D eigenvalue weighted by atomic mass is 10.0. The van der Waals surface area contributed by atoms with Crippen molar-refractivity contribution in [3.63, 3.8) is 0 Å². The summed E-state index contributed by atoms with van der Waals surface area (Å²) >= 11 is -0.439. The van der Waals surface area contributed by atoms with Crippen LogP contribution >= 0.6 is 11.8 Å². The van der Waals surface area contributed by atoms with E-state index in [1.807, 2.05) is 18.7 Å². The minimum absolute atomic E-state index is 0.127. The molecule has 3 unspecified atom stereocenters. The van der Waals surface area contributed by atoms with Crippen molar-refractivity contribution >= 4 is 28.8 Å². The first-order chi connectivity index (χ1) is 15.0. The predicted molar refractivity (Wildman–Crippen MR) is 123 cm³/mol. The highest BCUT2D eigenvalue weighted by Crippen LogP contribution is 2.42. The van der Waals surface area contributed by atoms with E-state index in [1.54, 1.807) is 6.33 Å². The average molecular weight is 462 g/mol. The van der Waals surface area contributed by atoms with Gasteiger partial charge in [0.25, 0.3) is 0 Å². The second-order valence-corrected chi connectivity index (χ2v) is 10.0. The topological polar surface area (TPSA) is 90.4 Å². The van der Waals surface area contributed by atoms with Gasteiger partial charge in [-0.05, 0) is 49.3 Å². The number of nitrogens with one attached hydrogen (secondary N) is 1. The van der Waals surface area contributed by atoms with E-state index in [9.17, 15) is 8.76 Å². The summed E-state index contributed by atoms with van der Waals surface area (Å²) in [5.74, 6) is 2.30. The average Bonchev–Trinajstić information content (AvgIpc) is 3.15. The summed E-state index contributed by atoms with van der Waals surface area (Å²) in [4.78, 5) is 12.5. The quantitative estimate of drug-likeness (QED) is 0.633. The smallest absolute Gasteiger partial charge is 0.136 e. The number of anilines is 1. The molecular formula is C22H29N4O3S2-. The molecule has 3 atom stereocenters. The summed E-state index contributed by atoms with van der Waals surface area (Å²) in [6.45, 7) is 8.11. The van der Waals surface area contributed by atoms with Gasteiger partial charge >= 0.3 is 0 Å². The highest BCUT2D eigenvalue weighted by atomic mass is 32.2. The van der Waals surface area contributed by atoms with Gasteiger partial charge in [-0.25, -0.2) is 14.7 Å². The third-order valence-corrected chi connectivity index (χ3v) is 8.16. The van der Waals surface area contributed by atoms with Gasteiger partial charge in [-0.2, -0.15) is 0 Å². The fraction of sp³-hybridized carbons (Fsp3) is 0.545. The maximum absolute atomic E-state index is 11.1. The van der Waals surface area contributed by atoms with Crippen LogP contribution in [0.3, 0.4) is 0 Å². The van der Waals surface area contributed by atoms with E-state index in [2.05, 4.69) is 45.6 Å². The fourth-order valence-corrected chi connectivity index (χ4v) is 6.16. The van der Waals surface area contributed by atoms with Crippen LogP contribution in [0.15, 0.2) is 23.4 Å². The van der Waals surface area contributed by atoms with Gasteiger partial charge in [0.1, 0.15) is 17.9 Å². The van der Waals surface area contributed by atoms with Crippen LogP contribution < -0.4 is 14.4 Å². The molecule has 7 nitrogen and oxygen atoms in total.